The maximum Gasteiger partial charge on any atom is 0.311 e. The summed E-state index contributed by atoms with van der Waals surface area (Å²) < 4.78 is 5.18. The molecular weight excluding hydrogens is 248 g/mol. The molecule has 0 aliphatic heterocycles. The average molecular weight is 278 g/mol. The summed E-state index contributed by atoms with van der Waals surface area (Å²) in [6.07, 6.45) is 11.8. The zero-order valence-electron chi connectivity index (χ0n) is 13.4. The van der Waals surface area contributed by atoms with Crippen molar-refractivity contribution in [1.29, 1.82) is 0 Å². The van der Waals surface area contributed by atoms with Crippen LogP contribution in [-0.2, 0) is 9.53 Å². The second-order valence-electron chi connectivity index (χ2n) is 8.05. The van der Waals surface area contributed by atoms with E-state index in [0.29, 0.717) is 11.3 Å². The Kier molecular flexibility index (Phi) is 3.63. The van der Waals surface area contributed by atoms with Crippen molar-refractivity contribution in [3.05, 3.63) is 0 Å². The van der Waals surface area contributed by atoms with Crippen molar-refractivity contribution in [3.8, 4) is 0 Å². The number of esters is 1. The minimum atomic E-state index is -0.232. The predicted octanol–water partition coefficient (Wildman–Crippen LogP) is 4.57. The third-order valence-electron chi connectivity index (χ3n) is 7.21. The second kappa shape index (κ2) is 5.03. The standard InChI is InChI=1S/C18H30O2/c1-17-11-6-12-18(2,16(19)20-3)15(17)10-9-13-7-4-5-8-14(13)17/h13-15H,4-12H2,1-3H3. The van der Waals surface area contributed by atoms with Crippen molar-refractivity contribution in [2.45, 2.75) is 71.6 Å². The van der Waals surface area contributed by atoms with Crippen LogP contribution in [0.5, 0.6) is 0 Å². The molecule has 5 unspecified atom stereocenters. The molecular formula is C18H30O2. The molecule has 5 atom stereocenters. The summed E-state index contributed by atoms with van der Waals surface area (Å²) in [6, 6.07) is 0. The van der Waals surface area contributed by atoms with Gasteiger partial charge in [0.1, 0.15) is 0 Å². The Hall–Kier alpha value is -0.530. The van der Waals surface area contributed by atoms with E-state index < -0.39 is 0 Å². The van der Waals surface area contributed by atoms with Crippen molar-refractivity contribution in [2.75, 3.05) is 7.11 Å². The van der Waals surface area contributed by atoms with Crippen LogP contribution in [-0.4, -0.2) is 13.1 Å². The highest BCUT2D eigenvalue weighted by Gasteiger charge is 2.58. The zero-order valence-corrected chi connectivity index (χ0v) is 13.4. The number of hydrogen-bond acceptors (Lipinski definition) is 2. The lowest BCUT2D eigenvalue weighted by Gasteiger charge is -2.60. The van der Waals surface area contributed by atoms with Gasteiger partial charge in [-0.25, -0.2) is 0 Å². The number of ether oxygens (including phenoxy) is 1. The van der Waals surface area contributed by atoms with E-state index in [2.05, 4.69) is 13.8 Å². The second-order valence-corrected chi connectivity index (χ2v) is 8.05. The lowest BCUT2D eigenvalue weighted by molar-refractivity contribution is -0.175. The van der Waals surface area contributed by atoms with Crippen molar-refractivity contribution in [2.24, 2.45) is 28.6 Å². The molecule has 2 nitrogen and oxygen atoms in total. The molecule has 0 aromatic heterocycles. The molecule has 0 N–H and O–H groups in total. The predicted molar refractivity (Wildman–Crippen MR) is 80.3 cm³/mol. The van der Waals surface area contributed by atoms with Gasteiger partial charge in [0.25, 0.3) is 0 Å². The summed E-state index contributed by atoms with van der Waals surface area (Å²) in [4.78, 5) is 12.4. The normalized spacial score (nSPS) is 48.0. The molecule has 0 spiro atoms. The molecule has 0 amide bonds. The molecule has 0 bridgehead atoms. The van der Waals surface area contributed by atoms with Crippen LogP contribution in [0, 0.1) is 28.6 Å². The molecule has 3 aliphatic rings. The lowest BCUT2D eigenvalue weighted by atomic mass is 9.44. The number of fused-ring (bicyclic) bond motifs is 3. The van der Waals surface area contributed by atoms with Gasteiger partial charge in [-0.05, 0) is 62.2 Å². The molecule has 3 aliphatic carbocycles. The third-order valence-corrected chi connectivity index (χ3v) is 7.21. The minimum Gasteiger partial charge on any atom is -0.469 e. The van der Waals surface area contributed by atoms with E-state index in [1.807, 2.05) is 0 Å². The largest absolute Gasteiger partial charge is 0.469 e. The van der Waals surface area contributed by atoms with Crippen LogP contribution >= 0.6 is 0 Å². The van der Waals surface area contributed by atoms with Gasteiger partial charge in [-0.15, -0.1) is 0 Å². The highest BCUT2D eigenvalue weighted by atomic mass is 16.5. The smallest absolute Gasteiger partial charge is 0.311 e. The molecule has 0 heterocycles. The summed E-state index contributed by atoms with van der Waals surface area (Å²) in [5.74, 6) is 2.38. The van der Waals surface area contributed by atoms with Crippen LogP contribution in [0.4, 0.5) is 0 Å². The maximum absolute atomic E-state index is 12.4. The molecule has 0 radical (unpaired) electrons. The van der Waals surface area contributed by atoms with Crippen LogP contribution in [0.25, 0.3) is 0 Å². The van der Waals surface area contributed by atoms with Gasteiger partial charge in [0, 0.05) is 0 Å². The third kappa shape index (κ3) is 1.94. The van der Waals surface area contributed by atoms with Gasteiger partial charge in [-0.2, -0.15) is 0 Å². The highest BCUT2D eigenvalue weighted by Crippen LogP contribution is 2.63. The van der Waals surface area contributed by atoms with Crippen molar-refractivity contribution < 1.29 is 9.53 Å². The molecule has 0 saturated heterocycles. The molecule has 3 fully saturated rings. The van der Waals surface area contributed by atoms with Crippen LogP contribution in [0.15, 0.2) is 0 Å². The van der Waals surface area contributed by atoms with Gasteiger partial charge in [0.2, 0.25) is 0 Å². The molecule has 3 rings (SSSR count). The zero-order chi connectivity index (χ0) is 14.4. The number of carbonyl (C=O) groups excluding carboxylic acids is 1. The van der Waals surface area contributed by atoms with Gasteiger partial charge in [-0.1, -0.05) is 32.6 Å². The maximum atomic E-state index is 12.4. The topological polar surface area (TPSA) is 26.3 Å². The molecule has 0 aromatic rings. The monoisotopic (exact) mass is 278 g/mol. The Labute approximate surface area is 123 Å². The van der Waals surface area contributed by atoms with E-state index in [9.17, 15) is 4.79 Å². The first-order valence-electron chi connectivity index (χ1n) is 8.61. The van der Waals surface area contributed by atoms with E-state index in [4.69, 9.17) is 4.74 Å². The van der Waals surface area contributed by atoms with Crippen LogP contribution in [0.3, 0.4) is 0 Å². The van der Waals surface area contributed by atoms with Crippen LogP contribution in [0.1, 0.15) is 71.6 Å². The van der Waals surface area contributed by atoms with Gasteiger partial charge in [0.15, 0.2) is 0 Å². The fourth-order valence-corrected chi connectivity index (χ4v) is 6.28. The van der Waals surface area contributed by atoms with Crippen LogP contribution < -0.4 is 0 Å². The van der Waals surface area contributed by atoms with E-state index in [1.54, 1.807) is 7.11 Å². The number of carbonyl (C=O) groups is 1. The first kappa shape index (κ1) is 14.4. The van der Waals surface area contributed by atoms with Crippen molar-refractivity contribution >= 4 is 5.97 Å². The molecule has 2 heteroatoms. The SMILES string of the molecule is COC(=O)C1(C)CCCC2(C)C3CCCCC3CCC12. The van der Waals surface area contributed by atoms with Gasteiger partial charge in [-0.3, -0.25) is 4.79 Å². The molecule has 3 saturated carbocycles. The van der Waals surface area contributed by atoms with Gasteiger partial charge >= 0.3 is 5.97 Å². The Balaban J connectivity index is 1.93. The minimum absolute atomic E-state index is 0.0442. The lowest BCUT2D eigenvalue weighted by Crippen LogP contribution is -2.55. The number of rotatable bonds is 1. The summed E-state index contributed by atoms with van der Waals surface area (Å²) in [7, 11) is 1.56. The molecule has 0 aromatic carbocycles. The van der Waals surface area contributed by atoms with Gasteiger partial charge in [0.05, 0.1) is 12.5 Å². The first-order valence-corrected chi connectivity index (χ1v) is 8.61. The Morgan fingerprint density at radius 2 is 1.75 bits per heavy atom. The molecule has 20 heavy (non-hydrogen) atoms. The first-order chi connectivity index (χ1) is 9.52. The molecule has 114 valence electrons. The summed E-state index contributed by atoms with van der Waals surface area (Å²) in [5, 5.41) is 0. The fourth-order valence-electron chi connectivity index (χ4n) is 6.28. The summed E-state index contributed by atoms with van der Waals surface area (Å²) >= 11 is 0. The van der Waals surface area contributed by atoms with E-state index in [0.717, 1.165) is 18.3 Å². The van der Waals surface area contributed by atoms with E-state index in [1.165, 1.54) is 51.4 Å². The highest BCUT2D eigenvalue weighted by molar-refractivity contribution is 5.77. The Morgan fingerprint density at radius 1 is 1.00 bits per heavy atom. The summed E-state index contributed by atoms with van der Waals surface area (Å²) in [6.45, 7) is 4.68. The van der Waals surface area contributed by atoms with E-state index >= 15 is 0 Å². The Morgan fingerprint density at radius 3 is 2.50 bits per heavy atom. The van der Waals surface area contributed by atoms with Crippen molar-refractivity contribution in [3.63, 3.8) is 0 Å². The van der Waals surface area contributed by atoms with Crippen LogP contribution in [0.2, 0.25) is 0 Å². The quantitative estimate of drug-likeness (QED) is 0.657. The van der Waals surface area contributed by atoms with E-state index in [-0.39, 0.29) is 11.4 Å². The summed E-state index contributed by atoms with van der Waals surface area (Å²) in [5.41, 5.74) is 0.148. The van der Waals surface area contributed by atoms with Crippen molar-refractivity contribution in [1.82, 2.24) is 0 Å². The number of methoxy groups -OCH3 is 1. The van der Waals surface area contributed by atoms with Gasteiger partial charge < -0.3 is 4.74 Å². The fraction of sp³-hybridized carbons (Fsp3) is 0.944. The average Bonchev–Trinajstić information content (AvgIpc) is 2.46. The number of hydrogen-bond donors (Lipinski definition) is 0. The Bertz CT molecular complexity index is 391.